The Morgan fingerprint density at radius 3 is 2.90 bits per heavy atom. The quantitative estimate of drug-likeness (QED) is 0.939. The molecule has 2 N–H and O–H groups in total. The van der Waals surface area contributed by atoms with E-state index in [0.717, 1.165) is 42.1 Å². The van der Waals surface area contributed by atoms with Crippen LogP contribution in [0.5, 0.6) is 0 Å². The number of benzene rings is 1. The van der Waals surface area contributed by atoms with Crippen LogP contribution in [0, 0.1) is 13.8 Å². The minimum Gasteiger partial charge on any atom is -0.446 e. The van der Waals surface area contributed by atoms with Crippen LogP contribution in [-0.4, -0.2) is 17.4 Å². The number of fused-ring (bicyclic) bond motifs is 1. The van der Waals surface area contributed by atoms with Crippen molar-refractivity contribution in [2.45, 2.75) is 33.2 Å². The van der Waals surface area contributed by atoms with Crippen LogP contribution < -0.4 is 10.6 Å². The van der Waals surface area contributed by atoms with Gasteiger partial charge in [0.15, 0.2) is 5.89 Å². The molecule has 0 spiro atoms. The van der Waals surface area contributed by atoms with Crippen molar-refractivity contribution in [3.63, 3.8) is 0 Å². The molecule has 5 heteroatoms. The highest BCUT2D eigenvalue weighted by Gasteiger charge is 2.22. The summed E-state index contributed by atoms with van der Waals surface area (Å²) in [4.78, 5) is 18.3. The zero-order chi connectivity index (χ0) is 15.0. The van der Waals surface area contributed by atoms with Gasteiger partial charge in [-0.25, -0.2) is 4.98 Å². The summed E-state index contributed by atoms with van der Waals surface area (Å²) in [5.41, 5.74) is 9.19. The molecule has 1 aromatic carbocycles. The number of hydrogen-bond donors (Lipinski definition) is 1. The molecule has 0 aliphatic carbocycles. The Morgan fingerprint density at radius 2 is 2.24 bits per heavy atom. The van der Waals surface area contributed by atoms with Crippen LogP contribution in [-0.2, 0) is 13.0 Å². The van der Waals surface area contributed by atoms with Crippen molar-refractivity contribution in [2.75, 3.05) is 11.4 Å². The van der Waals surface area contributed by atoms with Crippen LogP contribution in [0.4, 0.5) is 5.69 Å². The summed E-state index contributed by atoms with van der Waals surface area (Å²) in [6.45, 7) is 5.42. The second-order valence-corrected chi connectivity index (χ2v) is 5.43. The van der Waals surface area contributed by atoms with E-state index >= 15 is 0 Å². The Labute approximate surface area is 123 Å². The Bertz CT molecular complexity index is 691. The molecular formula is C16H19N3O2. The van der Waals surface area contributed by atoms with Gasteiger partial charge in [0.25, 0.3) is 0 Å². The predicted molar refractivity (Wildman–Crippen MR) is 80.3 cm³/mol. The van der Waals surface area contributed by atoms with Crippen LogP contribution in [0.1, 0.15) is 39.7 Å². The molecule has 1 aromatic heterocycles. The molecule has 5 nitrogen and oxygen atoms in total. The van der Waals surface area contributed by atoms with Gasteiger partial charge in [0, 0.05) is 24.7 Å². The number of oxazole rings is 1. The topological polar surface area (TPSA) is 72.4 Å². The SMILES string of the molecule is Cc1nc(CN2CCCc3c(C(N)=O)cccc32)c(C)o1. The second-order valence-electron chi connectivity index (χ2n) is 5.43. The molecular weight excluding hydrogens is 266 g/mol. The van der Waals surface area contributed by atoms with E-state index in [9.17, 15) is 4.79 Å². The number of carbonyl (C=O) groups is 1. The minimum atomic E-state index is -0.359. The van der Waals surface area contributed by atoms with Crippen LogP contribution in [0.15, 0.2) is 22.6 Å². The van der Waals surface area contributed by atoms with Crippen molar-refractivity contribution < 1.29 is 9.21 Å². The number of aryl methyl sites for hydroxylation is 2. The number of carbonyl (C=O) groups excluding carboxylic acids is 1. The highest BCUT2D eigenvalue weighted by molar-refractivity contribution is 5.96. The molecule has 0 saturated carbocycles. The summed E-state index contributed by atoms with van der Waals surface area (Å²) in [5.74, 6) is 1.18. The van der Waals surface area contributed by atoms with Gasteiger partial charge in [-0.05, 0) is 37.5 Å². The molecule has 0 fully saturated rings. The number of amides is 1. The molecule has 2 heterocycles. The van der Waals surface area contributed by atoms with Crippen molar-refractivity contribution in [3.05, 3.63) is 46.7 Å². The van der Waals surface area contributed by atoms with Crippen LogP contribution >= 0.6 is 0 Å². The van der Waals surface area contributed by atoms with E-state index in [1.807, 2.05) is 26.0 Å². The first-order valence-electron chi connectivity index (χ1n) is 7.16. The Morgan fingerprint density at radius 1 is 1.43 bits per heavy atom. The fourth-order valence-corrected chi connectivity index (χ4v) is 3.00. The first-order chi connectivity index (χ1) is 10.1. The number of nitrogens with two attached hydrogens (primary N) is 1. The van der Waals surface area contributed by atoms with E-state index in [-0.39, 0.29) is 5.91 Å². The van der Waals surface area contributed by atoms with Crippen molar-refractivity contribution in [3.8, 4) is 0 Å². The monoisotopic (exact) mass is 285 g/mol. The number of anilines is 1. The molecule has 3 rings (SSSR count). The van der Waals surface area contributed by atoms with E-state index in [4.69, 9.17) is 10.2 Å². The van der Waals surface area contributed by atoms with Crippen molar-refractivity contribution in [1.82, 2.24) is 4.98 Å². The first kappa shape index (κ1) is 13.7. The molecule has 0 atom stereocenters. The molecule has 0 saturated heterocycles. The van der Waals surface area contributed by atoms with Crippen LogP contribution in [0.2, 0.25) is 0 Å². The summed E-state index contributed by atoms with van der Waals surface area (Å²) in [6, 6.07) is 5.73. The molecule has 1 aliphatic heterocycles. The minimum absolute atomic E-state index is 0.359. The summed E-state index contributed by atoms with van der Waals surface area (Å²) in [5, 5.41) is 0. The molecule has 110 valence electrons. The van der Waals surface area contributed by atoms with Gasteiger partial charge >= 0.3 is 0 Å². The van der Waals surface area contributed by atoms with E-state index < -0.39 is 0 Å². The number of primary amides is 1. The number of hydrogen-bond acceptors (Lipinski definition) is 4. The first-order valence-corrected chi connectivity index (χ1v) is 7.16. The second kappa shape index (κ2) is 5.24. The summed E-state index contributed by atoms with van der Waals surface area (Å²) in [7, 11) is 0. The summed E-state index contributed by atoms with van der Waals surface area (Å²) >= 11 is 0. The van der Waals surface area contributed by atoms with Crippen molar-refractivity contribution in [1.29, 1.82) is 0 Å². The van der Waals surface area contributed by atoms with Crippen molar-refractivity contribution >= 4 is 11.6 Å². The van der Waals surface area contributed by atoms with E-state index in [2.05, 4.69) is 9.88 Å². The predicted octanol–water partition coefficient (Wildman–Crippen LogP) is 2.34. The van der Waals surface area contributed by atoms with Gasteiger partial charge in [0.1, 0.15) is 11.5 Å². The van der Waals surface area contributed by atoms with Gasteiger partial charge in [-0.2, -0.15) is 0 Å². The third kappa shape index (κ3) is 2.51. The Hall–Kier alpha value is -2.30. The third-order valence-electron chi connectivity index (χ3n) is 3.95. The van der Waals surface area contributed by atoms with Crippen LogP contribution in [0.25, 0.3) is 0 Å². The lowest BCUT2D eigenvalue weighted by molar-refractivity contribution is 0.0999. The fraction of sp³-hybridized carbons (Fsp3) is 0.375. The smallest absolute Gasteiger partial charge is 0.249 e. The van der Waals surface area contributed by atoms with Gasteiger partial charge in [-0.15, -0.1) is 0 Å². The van der Waals surface area contributed by atoms with Gasteiger partial charge < -0.3 is 15.1 Å². The van der Waals surface area contributed by atoms with Crippen molar-refractivity contribution in [2.24, 2.45) is 5.73 Å². The zero-order valence-electron chi connectivity index (χ0n) is 12.3. The number of nitrogens with zero attached hydrogens (tertiary/aromatic N) is 2. The van der Waals surface area contributed by atoms with Crippen LogP contribution in [0.3, 0.4) is 0 Å². The lowest BCUT2D eigenvalue weighted by Crippen LogP contribution is -2.30. The summed E-state index contributed by atoms with van der Waals surface area (Å²) in [6.07, 6.45) is 1.90. The molecule has 1 aliphatic rings. The normalized spacial score (nSPS) is 14.1. The van der Waals surface area contributed by atoms with E-state index in [1.54, 1.807) is 6.07 Å². The summed E-state index contributed by atoms with van der Waals surface area (Å²) < 4.78 is 5.49. The van der Waals surface area contributed by atoms with E-state index in [1.165, 1.54) is 0 Å². The molecule has 0 bridgehead atoms. The van der Waals surface area contributed by atoms with Gasteiger partial charge in [0.05, 0.1) is 6.54 Å². The highest BCUT2D eigenvalue weighted by Crippen LogP contribution is 2.31. The van der Waals surface area contributed by atoms with Gasteiger partial charge in [-0.3, -0.25) is 4.79 Å². The maximum atomic E-state index is 11.6. The standard InChI is InChI=1S/C16H19N3O2/c1-10-14(18-11(2)21-10)9-19-8-4-6-12-13(16(17)20)5-3-7-15(12)19/h3,5,7H,4,6,8-9H2,1-2H3,(H2,17,20). The number of rotatable bonds is 3. The fourth-order valence-electron chi connectivity index (χ4n) is 3.00. The zero-order valence-corrected chi connectivity index (χ0v) is 12.3. The molecule has 2 aromatic rings. The van der Waals surface area contributed by atoms with E-state index in [0.29, 0.717) is 18.0 Å². The lowest BCUT2D eigenvalue weighted by Gasteiger charge is -2.31. The molecule has 0 radical (unpaired) electrons. The maximum absolute atomic E-state index is 11.6. The largest absolute Gasteiger partial charge is 0.446 e. The average Bonchev–Trinajstić information content (AvgIpc) is 2.76. The lowest BCUT2D eigenvalue weighted by atomic mass is 9.95. The third-order valence-corrected chi connectivity index (χ3v) is 3.95. The van der Waals surface area contributed by atoms with Gasteiger partial charge in [-0.1, -0.05) is 6.07 Å². The Balaban J connectivity index is 1.96. The highest BCUT2D eigenvalue weighted by atomic mass is 16.4. The average molecular weight is 285 g/mol. The molecule has 0 unspecified atom stereocenters. The maximum Gasteiger partial charge on any atom is 0.249 e. The number of aromatic nitrogens is 1. The molecule has 1 amide bonds. The van der Waals surface area contributed by atoms with Gasteiger partial charge in [0.2, 0.25) is 5.91 Å². The Kier molecular flexibility index (Phi) is 3.41. The molecule has 21 heavy (non-hydrogen) atoms.